The van der Waals surface area contributed by atoms with Crippen LogP contribution < -0.4 is 8.85 Å². The maximum Gasteiger partial charge on any atom is 0.0480 e. The molecule has 4 heteroatoms. The van der Waals surface area contributed by atoms with E-state index in [2.05, 4.69) is 31.7 Å². The molecule has 0 aromatic heterocycles. The molecule has 1 saturated heterocycles. The molecule has 1 aliphatic heterocycles. The Kier molecular flexibility index (Phi) is 5.13. The Hall–Kier alpha value is 0.610. The zero-order valence-electron chi connectivity index (χ0n) is 9.18. The van der Waals surface area contributed by atoms with Crippen LogP contribution >= 0.6 is 22.9 Å². The first-order chi connectivity index (χ1) is 7.38. The monoisotopic (exact) mass is 324 g/mol. The first-order valence-corrected chi connectivity index (χ1v) is 7.16. The molecule has 2 fully saturated rings. The van der Waals surface area contributed by atoms with Crippen LogP contribution in [-0.2, 0) is 4.74 Å². The Morgan fingerprint density at radius 3 is 1.93 bits per heavy atom. The van der Waals surface area contributed by atoms with Crippen LogP contribution in [0.15, 0.2) is 0 Å². The summed E-state index contributed by atoms with van der Waals surface area (Å²) in [6.45, 7) is 1.89. The second kappa shape index (κ2) is 6.37. The highest BCUT2D eigenvalue weighted by molar-refractivity contribution is 14.1. The SMILES string of the molecule is INC1CCC(NC2CCOCC2)CC1. The van der Waals surface area contributed by atoms with Gasteiger partial charge in [-0.1, -0.05) is 0 Å². The van der Waals surface area contributed by atoms with E-state index in [0.717, 1.165) is 25.3 Å². The molecule has 0 aromatic rings. The van der Waals surface area contributed by atoms with Crippen molar-refractivity contribution in [1.29, 1.82) is 0 Å². The van der Waals surface area contributed by atoms with E-state index in [1.165, 1.54) is 38.5 Å². The van der Waals surface area contributed by atoms with E-state index in [4.69, 9.17) is 4.74 Å². The molecule has 1 saturated carbocycles. The van der Waals surface area contributed by atoms with Crippen LogP contribution in [0.4, 0.5) is 0 Å². The minimum atomic E-state index is 0.716. The van der Waals surface area contributed by atoms with Crippen molar-refractivity contribution in [3.8, 4) is 0 Å². The average Bonchev–Trinajstić information content (AvgIpc) is 2.31. The molecule has 0 unspecified atom stereocenters. The fourth-order valence-electron chi connectivity index (χ4n) is 2.57. The largest absolute Gasteiger partial charge is 0.381 e. The van der Waals surface area contributed by atoms with Crippen LogP contribution in [0, 0.1) is 0 Å². The molecule has 88 valence electrons. The van der Waals surface area contributed by atoms with Crippen molar-refractivity contribution in [3.63, 3.8) is 0 Å². The maximum atomic E-state index is 5.37. The minimum absolute atomic E-state index is 0.716. The van der Waals surface area contributed by atoms with Gasteiger partial charge in [-0.3, -0.25) is 3.53 Å². The third kappa shape index (κ3) is 3.84. The fraction of sp³-hybridized carbons (Fsp3) is 1.00. The predicted octanol–water partition coefficient (Wildman–Crippen LogP) is 2.01. The summed E-state index contributed by atoms with van der Waals surface area (Å²) in [5, 5.41) is 3.79. The molecule has 0 radical (unpaired) electrons. The molecule has 0 aromatic carbocycles. The van der Waals surface area contributed by atoms with Crippen molar-refractivity contribution in [2.75, 3.05) is 13.2 Å². The molecular formula is C11H21IN2O. The van der Waals surface area contributed by atoms with Crippen molar-refractivity contribution in [1.82, 2.24) is 8.85 Å². The zero-order chi connectivity index (χ0) is 10.5. The van der Waals surface area contributed by atoms with Crippen LogP contribution in [0.2, 0.25) is 0 Å². The van der Waals surface area contributed by atoms with E-state index in [1.807, 2.05) is 0 Å². The second-order valence-corrected chi connectivity index (χ2v) is 5.33. The summed E-state index contributed by atoms with van der Waals surface area (Å²) in [5.74, 6) is 0. The summed E-state index contributed by atoms with van der Waals surface area (Å²) >= 11 is 2.28. The van der Waals surface area contributed by atoms with Crippen molar-refractivity contribution in [3.05, 3.63) is 0 Å². The standard InChI is InChI=1S/C11H21IN2O/c12-14-11-3-1-9(2-4-11)13-10-5-7-15-8-6-10/h9-11,13-14H,1-8H2. The summed E-state index contributed by atoms with van der Waals surface area (Å²) in [4.78, 5) is 0. The quantitative estimate of drug-likeness (QED) is 0.615. The van der Waals surface area contributed by atoms with Gasteiger partial charge in [0.05, 0.1) is 0 Å². The molecule has 0 bridgehead atoms. The Morgan fingerprint density at radius 2 is 1.33 bits per heavy atom. The first-order valence-electron chi connectivity index (χ1n) is 6.08. The van der Waals surface area contributed by atoms with Crippen LogP contribution in [0.1, 0.15) is 38.5 Å². The molecule has 2 rings (SSSR count). The topological polar surface area (TPSA) is 33.3 Å². The van der Waals surface area contributed by atoms with E-state index in [1.54, 1.807) is 0 Å². The molecule has 0 atom stereocenters. The third-order valence-corrected chi connectivity index (χ3v) is 4.45. The Morgan fingerprint density at radius 1 is 0.800 bits per heavy atom. The highest BCUT2D eigenvalue weighted by atomic mass is 127. The number of nitrogens with one attached hydrogen (secondary N) is 2. The molecule has 2 aliphatic rings. The van der Waals surface area contributed by atoms with E-state index >= 15 is 0 Å². The Bertz CT molecular complexity index is 177. The van der Waals surface area contributed by atoms with E-state index in [0.29, 0.717) is 6.04 Å². The van der Waals surface area contributed by atoms with Crippen LogP contribution in [0.3, 0.4) is 0 Å². The van der Waals surface area contributed by atoms with E-state index < -0.39 is 0 Å². The van der Waals surface area contributed by atoms with E-state index in [9.17, 15) is 0 Å². The Labute approximate surface area is 106 Å². The Balaban J connectivity index is 1.67. The van der Waals surface area contributed by atoms with Gasteiger partial charge >= 0.3 is 0 Å². The lowest BCUT2D eigenvalue weighted by atomic mass is 9.91. The van der Waals surface area contributed by atoms with Crippen molar-refractivity contribution in [2.45, 2.75) is 56.7 Å². The van der Waals surface area contributed by atoms with Gasteiger partial charge in [0.25, 0.3) is 0 Å². The molecule has 1 heterocycles. The summed E-state index contributed by atoms with van der Waals surface area (Å²) in [7, 11) is 0. The van der Waals surface area contributed by atoms with Gasteiger partial charge in [0.2, 0.25) is 0 Å². The van der Waals surface area contributed by atoms with Gasteiger partial charge in [-0.15, -0.1) is 0 Å². The first kappa shape index (κ1) is 12.1. The average molecular weight is 324 g/mol. The second-order valence-electron chi connectivity index (χ2n) is 4.71. The maximum absolute atomic E-state index is 5.37. The van der Waals surface area contributed by atoms with Crippen LogP contribution in [0.25, 0.3) is 0 Å². The summed E-state index contributed by atoms with van der Waals surface area (Å²) < 4.78 is 8.72. The molecule has 0 spiro atoms. The van der Waals surface area contributed by atoms with Gasteiger partial charge in [0.15, 0.2) is 0 Å². The number of ether oxygens (including phenoxy) is 1. The number of hydrogen-bond donors (Lipinski definition) is 2. The lowest BCUT2D eigenvalue weighted by Gasteiger charge is -2.33. The molecule has 0 amide bonds. The molecule has 1 aliphatic carbocycles. The van der Waals surface area contributed by atoms with Crippen LogP contribution in [-0.4, -0.2) is 31.3 Å². The summed E-state index contributed by atoms with van der Waals surface area (Å²) in [6, 6.07) is 2.22. The fourth-order valence-corrected chi connectivity index (χ4v) is 3.19. The normalized spacial score (nSPS) is 34.2. The number of rotatable bonds is 3. The van der Waals surface area contributed by atoms with Crippen LogP contribution in [0.5, 0.6) is 0 Å². The van der Waals surface area contributed by atoms with Crippen molar-refractivity contribution >= 4 is 22.9 Å². The van der Waals surface area contributed by atoms with Gasteiger partial charge in [-0.25, -0.2) is 0 Å². The third-order valence-electron chi connectivity index (χ3n) is 3.57. The van der Waals surface area contributed by atoms with E-state index in [-0.39, 0.29) is 0 Å². The highest BCUT2D eigenvalue weighted by Crippen LogP contribution is 2.21. The van der Waals surface area contributed by atoms with Gasteiger partial charge in [0, 0.05) is 54.2 Å². The van der Waals surface area contributed by atoms with Gasteiger partial charge in [0.1, 0.15) is 0 Å². The zero-order valence-corrected chi connectivity index (χ0v) is 11.3. The van der Waals surface area contributed by atoms with Gasteiger partial charge in [-0.05, 0) is 38.5 Å². The smallest absolute Gasteiger partial charge is 0.0480 e. The number of hydrogen-bond acceptors (Lipinski definition) is 3. The van der Waals surface area contributed by atoms with Crippen molar-refractivity contribution in [2.24, 2.45) is 0 Å². The highest BCUT2D eigenvalue weighted by Gasteiger charge is 2.23. The predicted molar refractivity (Wildman–Crippen MR) is 70.2 cm³/mol. The number of halogens is 1. The molecule has 3 nitrogen and oxygen atoms in total. The minimum Gasteiger partial charge on any atom is -0.381 e. The summed E-state index contributed by atoms with van der Waals surface area (Å²) in [6.07, 6.45) is 7.71. The molecule has 2 N–H and O–H groups in total. The van der Waals surface area contributed by atoms with Crippen molar-refractivity contribution < 1.29 is 4.74 Å². The van der Waals surface area contributed by atoms with Gasteiger partial charge in [-0.2, -0.15) is 0 Å². The lowest BCUT2D eigenvalue weighted by molar-refractivity contribution is 0.0729. The molecule has 15 heavy (non-hydrogen) atoms. The lowest BCUT2D eigenvalue weighted by Crippen LogP contribution is -2.44. The summed E-state index contributed by atoms with van der Waals surface area (Å²) in [5.41, 5.74) is 0. The van der Waals surface area contributed by atoms with Gasteiger partial charge < -0.3 is 10.1 Å². The molecular weight excluding hydrogens is 303 g/mol.